The van der Waals surface area contributed by atoms with Gasteiger partial charge in [0.2, 0.25) is 5.91 Å². The van der Waals surface area contributed by atoms with Gasteiger partial charge in [0.1, 0.15) is 6.07 Å². The van der Waals surface area contributed by atoms with Gasteiger partial charge in [-0.15, -0.1) is 0 Å². The van der Waals surface area contributed by atoms with Crippen molar-refractivity contribution in [2.75, 3.05) is 13.1 Å². The van der Waals surface area contributed by atoms with E-state index in [-0.39, 0.29) is 17.4 Å². The molecule has 2 aliphatic rings. The molecule has 5 nitrogen and oxygen atoms in total. The minimum Gasteiger partial charge on any atom is -0.273 e. The summed E-state index contributed by atoms with van der Waals surface area (Å²) in [6, 6.07) is 3.99. The molecule has 1 atom stereocenters. The van der Waals surface area contributed by atoms with E-state index in [2.05, 4.69) is 16.1 Å². The Balaban J connectivity index is 1.96. The van der Waals surface area contributed by atoms with Crippen LogP contribution in [-0.2, 0) is 4.79 Å². The summed E-state index contributed by atoms with van der Waals surface area (Å²) in [5.74, 6) is 0.185. The Morgan fingerprint density at radius 3 is 2.95 bits per heavy atom. The van der Waals surface area contributed by atoms with Crippen LogP contribution in [0.25, 0.3) is 0 Å². The van der Waals surface area contributed by atoms with E-state index in [9.17, 15) is 4.79 Å². The van der Waals surface area contributed by atoms with Crippen LogP contribution in [0.5, 0.6) is 0 Å². The Kier molecular flexibility index (Phi) is 3.42. The highest BCUT2D eigenvalue weighted by Crippen LogP contribution is 2.39. The maximum absolute atomic E-state index is 12.9. The zero-order valence-electron chi connectivity index (χ0n) is 12.5. The third kappa shape index (κ3) is 2.40. The lowest BCUT2D eigenvalue weighted by molar-refractivity contribution is -0.154. The summed E-state index contributed by atoms with van der Waals surface area (Å²) >= 11 is 0. The van der Waals surface area contributed by atoms with Gasteiger partial charge in [-0.1, -0.05) is 13.8 Å². The molecule has 2 saturated heterocycles. The molecule has 0 radical (unpaired) electrons. The smallest absolute Gasteiger partial charge is 0.243 e. The fourth-order valence-corrected chi connectivity index (χ4v) is 3.32. The van der Waals surface area contributed by atoms with Crippen LogP contribution < -0.4 is 0 Å². The molecule has 0 unspecified atom stereocenters. The quantitative estimate of drug-likeness (QED) is 0.793. The number of hydrogen-bond donors (Lipinski definition) is 0. The zero-order chi connectivity index (χ0) is 15.0. The van der Waals surface area contributed by atoms with Crippen LogP contribution in [-0.4, -0.2) is 34.0 Å². The molecular weight excluding hydrogens is 264 g/mol. The summed E-state index contributed by atoms with van der Waals surface area (Å²) in [6.45, 7) is 5.87. The van der Waals surface area contributed by atoms with Crippen molar-refractivity contribution in [1.29, 1.82) is 5.26 Å². The summed E-state index contributed by atoms with van der Waals surface area (Å²) in [5, 5.41) is 13.1. The van der Waals surface area contributed by atoms with Gasteiger partial charge in [-0.05, 0) is 30.9 Å². The number of rotatable bonds is 1. The third-order valence-electron chi connectivity index (χ3n) is 4.54. The maximum atomic E-state index is 12.9. The Morgan fingerprint density at radius 2 is 2.19 bits per heavy atom. The van der Waals surface area contributed by atoms with E-state index in [0.29, 0.717) is 5.56 Å². The summed E-state index contributed by atoms with van der Waals surface area (Å²) in [6.07, 6.45) is 6.20. The average Bonchev–Trinajstić information content (AvgIpc) is 2.85. The lowest BCUT2D eigenvalue weighted by Gasteiger charge is -2.34. The summed E-state index contributed by atoms with van der Waals surface area (Å²) < 4.78 is 0. The molecule has 1 amide bonds. The third-order valence-corrected chi connectivity index (χ3v) is 4.54. The molecule has 21 heavy (non-hydrogen) atoms. The van der Waals surface area contributed by atoms with Gasteiger partial charge in [0.25, 0.3) is 0 Å². The number of fused-ring (bicyclic) bond motifs is 1. The first-order valence-electron chi connectivity index (χ1n) is 7.46. The molecule has 0 spiro atoms. The van der Waals surface area contributed by atoms with Gasteiger partial charge in [-0.3, -0.25) is 14.8 Å². The summed E-state index contributed by atoms with van der Waals surface area (Å²) in [7, 11) is 0. The van der Waals surface area contributed by atoms with Crippen molar-refractivity contribution in [3.63, 3.8) is 0 Å². The monoisotopic (exact) mass is 284 g/mol. The molecule has 0 bridgehead atoms. The van der Waals surface area contributed by atoms with E-state index in [1.807, 2.05) is 24.9 Å². The van der Waals surface area contributed by atoms with Gasteiger partial charge in [-0.25, -0.2) is 5.01 Å². The fourth-order valence-electron chi connectivity index (χ4n) is 3.32. The number of carbonyl (C=O) groups excluding carboxylic acids is 1. The minimum absolute atomic E-state index is 0.00988. The van der Waals surface area contributed by atoms with E-state index >= 15 is 0 Å². The number of nitrogens with zero attached hydrogens (tertiary/aromatic N) is 4. The van der Waals surface area contributed by atoms with Crippen molar-refractivity contribution in [3.05, 3.63) is 29.6 Å². The Hall–Kier alpha value is -1.93. The van der Waals surface area contributed by atoms with Crippen molar-refractivity contribution < 1.29 is 4.79 Å². The van der Waals surface area contributed by atoms with Gasteiger partial charge in [0.15, 0.2) is 0 Å². The predicted octanol–water partition coefficient (Wildman–Crippen LogP) is 2.26. The molecule has 5 heteroatoms. The Labute approximate surface area is 125 Å². The first-order chi connectivity index (χ1) is 10.0. The van der Waals surface area contributed by atoms with Crippen molar-refractivity contribution in [2.24, 2.45) is 5.41 Å². The lowest BCUT2D eigenvalue weighted by Crippen LogP contribution is -2.46. The van der Waals surface area contributed by atoms with Gasteiger partial charge in [0.05, 0.1) is 11.6 Å². The molecule has 0 saturated carbocycles. The van der Waals surface area contributed by atoms with Crippen LogP contribution >= 0.6 is 0 Å². The van der Waals surface area contributed by atoms with E-state index in [0.717, 1.165) is 37.9 Å². The first kappa shape index (κ1) is 14.0. The first-order valence-corrected chi connectivity index (χ1v) is 7.46. The molecular formula is C16H20N4O. The molecule has 0 N–H and O–H groups in total. The van der Waals surface area contributed by atoms with Crippen LogP contribution in [0.4, 0.5) is 0 Å². The molecule has 110 valence electrons. The van der Waals surface area contributed by atoms with E-state index < -0.39 is 0 Å². The second-order valence-corrected chi connectivity index (χ2v) is 6.51. The second-order valence-electron chi connectivity index (χ2n) is 6.51. The van der Waals surface area contributed by atoms with Crippen molar-refractivity contribution in [1.82, 2.24) is 15.0 Å². The SMILES string of the molecule is CC1(C)CCCN2CC[C@H](c3cncc(C#N)c3)N2C1=O. The number of amides is 1. The number of carbonyl (C=O) groups is 1. The average molecular weight is 284 g/mol. The van der Waals surface area contributed by atoms with E-state index in [1.54, 1.807) is 12.4 Å². The zero-order valence-corrected chi connectivity index (χ0v) is 12.5. The number of nitriles is 1. The summed E-state index contributed by atoms with van der Waals surface area (Å²) in [5.41, 5.74) is 1.19. The van der Waals surface area contributed by atoms with Crippen molar-refractivity contribution in [3.8, 4) is 6.07 Å². The van der Waals surface area contributed by atoms with E-state index in [1.165, 1.54) is 0 Å². The highest BCUT2D eigenvalue weighted by Gasteiger charge is 2.44. The molecule has 1 aromatic heterocycles. The number of hydrazine groups is 1. The normalized spacial score (nSPS) is 25.3. The molecule has 2 fully saturated rings. The number of aromatic nitrogens is 1. The van der Waals surface area contributed by atoms with E-state index in [4.69, 9.17) is 5.26 Å². The van der Waals surface area contributed by atoms with Crippen LogP contribution in [0.15, 0.2) is 18.5 Å². The Bertz CT molecular complexity index is 605. The lowest BCUT2D eigenvalue weighted by atomic mass is 9.86. The van der Waals surface area contributed by atoms with Gasteiger partial charge in [-0.2, -0.15) is 5.26 Å². The predicted molar refractivity (Wildman–Crippen MR) is 77.7 cm³/mol. The molecule has 0 aromatic carbocycles. The molecule has 0 aliphatic carbocycles. The summed E-state index contributed by atoms with van der Waals surface area (Å²) in [4.78, 5) is 17.0. The van der Waals surface area contributed by atoms with Crippen LogP contribution in [0.3, 0.4) is 0 Å². The fraction of sp³-hybridized carbons (Fsp3) is 0.562. The number of pyridine rings is 1. The van der Waals surface area contributed by atoms with Crippen LogP contribution in [0, 0.1) is 16.7 Å². The molecule has 1 aromatic rings. The standard InChI is InChI=1S/C16H20N4O/c1-16(2)5-3-6-19-7-4-14(20(19)15(16)21)13-8-12(9-17)10-18-11-13/h8,10-11,14H,3-7H2,1-2H3/t14-/m1/s1. The van der Waals surface area contributed by atoms with Gasteiger partial charge < -0.3 is 0 Å². The maximum Gasteiger partial charge on any atom is 0.243 e. The topological polar surface area (TPSA) is 60.2 Å². The van der Waals surface area contributed by atoms with Crippen LogP contribution in [0.1, 0.15) is 50.3 Å². The number of hydrogen-bond acceptors (Lipinski definition) is 4. The van der Waals surface area contributed by atoms with Crippen molar-refractivity contribution >= 4 is 5.91 Å². The Morgan fingerprint density at radius 1 is 1.38 bits per heavy atom. The molecule has 3 heterocycles. The largest absolute Gasteiger partial charge is 0.273 e. The highest BCUT2D eigenvalue weighted by atomic mass is 16.2. The second kappa shape index (κ2) is 5.12. The highest BCUT2D eigenvalue weighted by molar-refractivity contribution is 5.82. The molecule has 2 aliphatic heterocycles. The molecule has 3 rings (SSSR count). The van der Waals surface area contributed by atoms with Gasteiger partial charge >= 0.3 is 0 Å². The van der Waals surface area contributed by atoms with Gasteiger partial charge in [0, 0.05) is 30.9 Å². The van der Waals surface area contributed by atoms with Crippen molar-refractivity contribution in [2.45, 2.75) is 39.2 Å². The van der Waals surface area contributed by atoms with Crippen LogP contribution in [0.2, 0.25) is 0 Å². The minimum atomic E-state index is -0.322.